The first-order valence-electron chi connectivity index (χ1n) is 10.6. The van der Waals surface area contributed by atoms with E-state index in [9.17, 15) is 14.4 Å². The van der Waals surface area contributed by atoms with Crippen LogP contribution in [0.15, 0.2) is 24.3 Å². The second kappa shape index (κ2) is 14.1. The fourth-order valence-corrected chi connectivity index (χ4v) is 3.53. The van der Waals surface area contributed by atoms with E-state index < -0.39 is 0 Å². The molecule has 0 fully saturated rings. The summed E-state index contributed by atoms with van der Waals surface area (Å²) in [6.45, 7) is 3.58. The van der Waals surface area contributed by atoms with E-state index in [-0.39, 0.29) is 35.7 Å². The van der Waals surface area contributed by atoms with Crippen molar-refractivity contribution in [3.63, 3.8) is 0 Å². The molecule has 0 aromatic carbocycles. The Hall–Kier alpha value is -1.91. The van der Waals surface area contributed by atoms with Crippen molar-refractivity contribution < 1.29 is 23.9 Å². The maximum absolute atomic E-state index is 12.2. The monoisotopic (exact) mass is 392 g/mol. The van der Waals surface area contributed by atoms with Gasteiger partial charge >= 0.3 is 11.9 Å². The van der Waals surface area contributed by atoms with Crippen molar-refractivity contribution in [2.75, 3.05) is 7.11 Å². The van der Waals surface area contributed by atoms with Crippen LogP contribution in [0.1, 0.15) is 78.1 Å². The Balaban J connectivity index is 2.45. The van der Waals surface area contributed by atoms with Crippen molar-refractivity contribution in [2.24, 2.45) is 11.8 Å². The van der Waals surface area contributed by atoms with Crippen LogP contribution in [-0.4, -0.2) is 30.9 Å². The first kappa shape index (κ1) is 24.1. The Bertz CT molecular complexity index is 549. The zero-order valence-corrected chi connectivity index (χ0v) is 17.7. The normalized spacial score (nSPS) is 19.9. The molecular weight excluding hydrogens is 356 g/mol. The van der Waals surface area contributed by atoms with Crippen LogP contribution in [0.2, 0.25) is 0 Å². The molecule has 1 aliphatic carbocycles. The Kier molecular flexibility index (Phi) is 12.2. The maximum Gasteiger partial charge on any atom is 0.305 e. The van der Waals surface area contributed by atoms with E-state index in [4.69, 9.17) is 4.74 Å². The Morgan fingerprint density at radius 2 is 1.89 bits per heavy atom. The van der Waals surface area contributed by atoms with Crippen molar-refractivity contribution in [3.05, 3.63) is 24.3 Å². The van der Waals surface area contributed by atoms with E-state index in [2.05, 4.69) is 11.7 Å². The van der Waals surface area contributed by atoms with Gasteiger partial charge in [-0.05, 0) is 37.8 Å². The van der Waals surface area contributed by atoms with Crippen LogP contribution >= 0.6 is 0 Å². The van der Waals surface area contributed by atoms with Gasteiger partial charge in [-0.25, -0.2) is 0 Å². The van der Waals surface area contributed by atoms with Crippen LogP contribution in [-0.2, 0) is 23.9 Å². The number of carbonyl (C=O) groups excluding carboxylic acids is 3. The second-order valence-corrected chi connectivity index (χ2v) is 7.50. The number of carbonyl (C=O) groups is 3. The summed E-state index contributed by atoms with van der Waals surface area (Å²) in [4.78, 5) is 34.6. The molecule has 0 radical (unpaired) electrons. The van der Waals surface area contributed by atoms with Crippen molar-refractivity contribution >= 4 is 17.7 Å². The van der Waals surface area contributed by atoms with Gasteiger partial charge in [0.2, 0.25) is 0 Å². The SMILES string of the molecule is CCCCCC(C=CC1C=CC(=O)C1CCCCCCC(=O)OC)OC(C)=O. The summed E-state index contributed by atoms with van der Waals surface area (Å²) in [7, 11) is 1.41. The second-order valence-electron chi connectivity index (χ2n) is 7.50. The number of hydrogen-bond acceptors (Lipinski definition) is 5. The van der Waals surface area contributed by atoms with Crippen LogP contribution in [0.4, 0.5) is 0 Å². The zero-order chi connectivity index (χ0) is 20.8. The van der Waals surface area contributed by atoms with Gasteiger partial charge in [0.1, 0.15) is 6.10 Å². The molecule has 1 aliphatic rings. The minimum atomic E-state index is -0.271. The van der Waals surface area contributed by atoms with Gasteiger partial charge < -0.3 is 9.47 Å². The van der Waals surface area contributed by atoms with E-state index in [1.807, 2.05) is 18.2 Å². The van der Waals surface area contributed by atoms with E-state index >= 15 is 0 Å². The topological polar surface area (TPSA) is 69.7 Å². The average Bonchev–Trinajstić information content (AvgIpc) is 3.01. The zero-order valence-electron chi connectivity index (χ0n) is 17.7. The van der Waals surface area contributed by atoms with E-state index in [1.54, 1.807) is 6.08 Å². The molecule has 0 heterocycles. The summed E-state index contributed by atoms with van der Waals surface area (Å²) in [5.74, 6) is -0.203. The quantitative estimate of drug-likeness (QED) is 0.238. The minimum Gasteiger partial charge on any atom is -0.469 e. The molecule has 0 amide bonds. The molecule has 5 heteroatoms. The standard InChI is InChI=1S/C23H36O5/c1-4-5-8-11-20(28-18(2)24)16-14-19-15-17-22(25)21(19)12-9-6-7-10-13-23(26)27-3/h14-17,19-21H,4-13H2,1-3H3. The maximum atomic E-state index is 12.2. The fraction of sp³-hybridized carbons (Fsp3) is 0.696. The Morgan fingerprint density at radius 3 is 2.57 bits per heavy atom. The summed E-state index contributed by atoms with van der Waals surface area (Å²) < 4.78 is 10.0. The highest BCUT2D eigenvalue weighted by molar-refractivity contribution is 5.94. The molecule has 0 bridgehead atoms. The third-order valence-corrected chi connectivity index (χ3v) is 5.14. The molecule has 0 saturated carbocycles. The van der Waals surface area contributed by atoms with Crippen molar-refractivity contribution in [2.45, 2.75) is 84.2 Å². The summed E-state index contributed by atoms with van der Waals surface area (Å²) in [5.41, 5.74) is 0. The molecule has 3 atom stereocenters. The van der Waals surface area contributed by atoms with Gasteiger partial charge in [-0.1, -0.05) is 51.2 Å². The largest absolute Gasteiger partial charge is 0.469 e. The molecule has 158 valence electrons. The molecule has 0 aromatic heterocycles. The van der Waals surface area contributed by atoms with Gasteiger partial charge in [0.15, 0.2) is 5.78 Å². The molecule has 28 heavy (non-hydrogen) atoms. The highest BCUT2D eigenvalue weighted by atomic mass is 16.5. The number of unbranched alkanes of at least 4 members (excludes halogenated alkanes) is 5. The van der Waals surface area contributed by atoms with E-state index in [0.29, 0.717) is 6.42 Å². The molecule has 0 aromatic rings. The molecule has 5 nitrogen and oxygen atoms in total. The summed E-state index contributed by atoms with van der Waals surface area (Å²) >= 11 is 0. The molecule has 0 spiro atoms. The number of methoxy groups -OCH3 is 1. The van der Waals surface area contributed by atoms with Crippen LogP contribution < -0.4 is 0 Å². The number of hydrogen-bond donors (Lipinski definition) is 0. The number of esters is 2. The Labute approximate surface area is 169 Å². The average molecular weight is 393 g/mol. The molecule has 3 unspecified atom stereocenters. The lowest BCUT2D eigenvalue weighted by atomic mass is 9.88. The predicted molar refractivity (Wildman–Crippen MR) is 110 cm³/mol. The first-order chi connectivity index (χ1) is 13.5. The number of allylic oxidation sites excluding steroid dienone is 3. The minimum absolute atomic E-state index is 0.0227. The van der Waals surface area contributed by atoms with Crippen LogP contribution in [0.5, 0.6) is 0 Å². The summed E-state index contributed by atoms with van der Waals surface area (Å²) in [6.07, 6.45) is 16.5. The summed E-state index contributed by atoms with van der Waals surface area (Å²) in [5, 5.41) is 0. The highest BCUT2D eigenvalue weighted by Crippen LogP contribution is 2.29. The van der Waals surface area contributed by atoms with Crippen molar-refractivity contribution in [1.82, 2.24) is 0 Å². The lowest BCUT2D eigenvalue weighted by Gasteiger charge is -2.17. The number of ketones is 1. The lowest BCUT2D eigenvalue weighted by molar-refractivity contribution is -0.144. The van der Waals surface area contributed by atoms with Gasteiger partial charge in [-0.2, -0.15) is 0 Å². The Morgan fingerprint density at radius 1 is 1.14 bits per heavy atom. The molecule has 0 saturated heterocycles. The van der Waals surface area contributed by atoms with Gasteiger partial charge in [0, 0.05) is 25.2 Å². The smallest absolute Gasteiger partial charge is 0.305 e. The van der Waals surface area contributed by atoms with E-state index in [0.717, 1.165) is 57.8 Å². The molecule has 1 rings (SSSR count). The van der Waals surface area contributed by atoms with Crippen LogP contribution in [0, 0.1) is 11.8 Å². The van der Waals surface area contributed by atoms with Crippen LogP contribution in [0.3, 0.4) is 0 Å². The van der Waals surface area contributed by atoms with Crippen LogP contribution in [0.25, 0.3) is 0 Å². The van der Waals surface area contributed by atoms with E-state index in [1.165, 1.54) is 14.0 Å². The fourth-order valence-electron chi connectivity index (χ4n) is 3.53. The van der Waals surface area contributed by atoms with Crippen molar-refractivity contribution in [1.29, 1.82) is 0 Å². The molecule has 0 N–H and O–H groups in total. The van der Waals surface area contributed by atoms with Gasteiger partial charge in [-0.3, -0.25) is 14.4 Å². The molecule has 0 aliphatic heterocycles. The number of ether oxygens (including phenoxy) is 2. The van der Waals surface area contributed by atoms with Gasteiger partial charge in [-0.15, -0.1) is 0 Å². The first-order valence-corrected chi connectivity index (χ1v) is 10.6. The third-order valence-electron chi connectivity index (χ3n) is 5.14. The molecular formula is C23H36O5. The lowest BCUT2D eigenvalue weighted by Crippen LogP contribution is -2.17. The summed E-state index contributed by atoms with van der Waals surface area (Å²) in [6, 6.07) is 0. The van der Waals surface area contributed by atoms with Gasteiger partial charge in [0.25, 0.3) is 0 Å². The third kappa shape index (κ3) is 9.86. The van der Waals surface area contributed by atoms with Gasteiger partial charge in [0.05, 0.1) is 7.11 Å². The highest BCUT2D eigenvalue weighted by Gasteiger charge is 2.27. The predicted octanol–water partition coefficient (Wildman–Crippen LogP) is 4.94. The van der Waals surface area contributed by atoms with Crippen molar-refractivity contribution in [3.8, 4) is 0 Å². The number of rotatable bonds is 14.